The van der Waals surface area contributed by atoms with Crippen molar-refractivity contribution in [3.8, 4) is 0 Å². The maximum absolute atomic E-state index is 8.90. The summed E-state index contributed by atoms with van der Waals surface area (Å²) in [6.45, 7) is 6.77. The van der Waals surface area contributed by atoms with E-state index in [1.165, 1.54) is 6.42 Å². The highest BCUT2D eigenvalue weighted by Gasteiger charge is 1.95. The Morgan fingerprint density at radius 1 is 1.00 bits per heavy atom. The van der Waals surface area contributed by atoms with E-state index >= 15 is 0 Å². The fraction of sp³-hybridized carbons (Fsp3) is 1.00. The van der Waals surface area contributed by atoms with Gasteiger partial charge in [0.05, 0.1) is 12.7 Å². The molecule has 0 saturated carbocycles. The van der Waals surface area contributed by atoms with Gasteiger partial charge in [-0.05, 0) is 26.2 Å². The Bertz CT molecular complexity index is 105. The molecule has 0 fully saturated rings. The van der Waals surface area contributed by atoms with Crippen LogP contribution in [-0.4, -0.2) is 37.6 Å². The van der Waals surface area contributed by atoms with Gasteiger partial charge in [0, 0.05) is 19.8 Å². The van der Waals surface area contributed by atoms with E-state index in [2.05, 4.69) is 6.92 Å². The van der Waals surface area contributed by atoms with E-state index < -0.39 is 0 Å². The van der Waals surface area contributed by atoms with Crippen LogP contribution in [0.25, 0.3) is 0 Å². The molecule has 86 valence electrons. The third kappa shape index (κ3) is 11.9. The fourth-order valence-electron chi connectivity index (χ4n) is 1.01. The molecule has 3 nitrogen and oxygen atoms in total. The third-order valence-electron chi connectivity index (χ3n) is 1.83. The highest BCUT2D eigenvalue weighted by molar-refractivity contribution is 4.43. The summed E-state index contributed by atoms with van der Waals surface area (Å²) in [5.41, 5.74) is 0. The Balaban J connectivity index is 2.85. The lowest BCUT2D eigenvalue weighted by Gasteiger charge is -2.06. The van der Waals surface area contributed by atoms with E-state index in [1.54, 1.807) is 6.92 Å². The smallest absolute Gasteiger partial charge is 0.0745 e. The summed E-state index contributed by atoms with van der Waals surface area (Å²) in [4.78, 5) is 0. The molecule has 3 heteroatoms. The largest absolute Gasteiger partial charge is 0.391 e. The highest BCUT2D eigenvalue weighted by Crippen LogP contribution is 1.94. The van der Waals surface area contributed by atoms with Crippen LogP contribution in [0.15, 0.2) is 0 Å². The molecule has 0 aliphatic carbocycles. The third-order valence-corrected chi connectivity index (χ3v) is 1.83. The van der Waals surface area contributed by atoms with Crippen molar-refractivity contribution in [2.45, 2.75) is 45.6 Å². The molecule has 1 unspecified atom stereocenters. The molecule has 0 saturated heterocycles. The number of hydrogen-bond donors (Lipinski definition) is 1. The first-order chi connectivity index (χ1) is 6.77. The van der Waals surface area contributed by atoms with Crippen LogP contribution >= 0.6 is 0 Å². The average Bonchev–Trinajstić information content (AvgIpc) is 2.15. The summed E-state index contributed by atoms with van der Waals surface area (Å²) in [7, 11) is 0. The van der Waals surface area contributed by atoms with Crippen molar-refractivity contribution in [3.05, 3.63) is 0 Å². The molecule has 0 amide bonds. The van der Waals surface area contributed by atoms with E-state index in [0.717, 1.165) is 39.1 Å². The topological polar surface area (TPSA) is 38.7 Å². The van der Waals surface area contributed by atoms with Gasteiger partial charge in [-0.1, -0.05) is 13.3 Å². The first kappa shape index (κ1) is 13.9. The SMILES string of the molecule is CCCCOCCCCOCC(C)O. The molecule has 0 bridgehead atoms. The predicted molar refractivity (Wildman–Crippen MR) is 57.5 cm³/mol. The number of rotatable bonds is 10. The van der Waals surface area contributed by atoms with Gasteiger partial charge in [0.15, 0.2) is 0 Å². The summed E-state index contributed by atoms with van der Waals surface area (Å²) < 4.78 is 10.6. The van der Waals surface area contributed by atoms with Crippen LogP contribution in [0.5, 0.6) is 0 Å². The number of aliphatic hydroxyl groups is 1. The maximum Gasteiger partial charge on any atom is 0.0745 e. The summed E-state index contributed by atoms with van der Waals surface area (Å²) in [6, 6.07) is 0. The minimum absolute atomic E-state index is 0.351. The molecule has 0 radical (unpaired) electrons. The van der Waals surface area contributed by atoms with Gasteiger partial charge in [0.2, 0.25) is 0 Å². The van der Waals surface area contributed by atoms with Crippen LogP contribution in [0.3, 0.4) is 0 Å². The summed E-state index contributed by atoms with van der Waals surface area (Å²) in [6.07, 6.45) is 4.05. The van der Waals surface area contributed by atoms with Crippen molar-refractivity contribution in [3.63, 3.8) is 0 Å². The van der Waals surface area contributed by atoms with Crippen molar-refractivity contribution in [2.75, 3.05) is 26.4 Å². The molecule has 0 aromatic heterocycles. The Hall–Kier alpha value is -0.120. The highest BCUT2D eigenvalue weighted by atomic mass is 16.5. The molecule has 1 atom stereocenters. The molecule has 0 heterocycles. The van der Waals surface area contributed by atoms with Crippen molar-refractivity contribution in [1.82, 2.24) is 0 Å². The van der Waals surface area contributed by atoms with Crippen LogP contribution < -0.4 is 0 Å². The van der Waals surface area contributed by atoms with Crippen molar-refractivity contribution in [1.29, 1.82) is 0 Å². The van der Waals surface area contributed by atoms with E-state index in [1.807, 2.05) is 0 Å². The standard InChI is InChI=1S/C11H24O3/c1-3-4-7-13-8-5-6-9-14-10-11(2)12/h11-12H,3-10H2,1-2H3. The van der Waals surface area contributed by atoms with E-state index in [-0.39, 0.29) is 6.10 Å². The van der Waals surface area contributed by atoms with Crippen molar-refractivity contribution in [2.24, 2.45) is 0 Å². The monoisotopic (exact) mass is 204 g/mol. The fourth-order valence-corrected chi connectivity index (χ4v) is 1.01. The average molecular weight is 204 g/mol. The van der Waals surface area contributed by atoms with Gasteiger partial charge in [-0.3, -0.25) is 0 Å². The molecule has 0 aromatic rings. The quantitative estimate of drug-likeness (QED) is 0.553. The molecule has 0 rings (SSSR count). The summed E-state index contributed by atoms with van der Waals surface area (Å²) >= 11 is 0. The summed E-state index contributed by atoms with van der Waals surface area (Å²) in [5.74, 6) is 0. The zero-order valence-electron chi connectivity index (χ0n) is 9.50. The molecular formula is C11H24O3. The second kappa shape index (κ2) is 11.0. The molecule has 0 aliphatic rings. The molecule has 1 N–H and O–H groups in total. The number of hydrogen-bond acceptors (Lipinski definition) is 3. The van der Waals surface area contributed by atoms with Gasteiger partial charge >= 0.3 is 0 Å². The summed E-state index contributed by atoms with van der Waals surface area (Å²) in [5, 5.41) is 8.90. The predicted octanol–water partition coefficient (Wildman–Crippen LogP) is 1.98. The zero-order valence-corrected chi connectivity index (χ0v) is 9.50. The van der Waals surface area contributed by atoms with Gasteiger partial charge < -0.3 is 14.6 Å². The molecule has 0 aliphatic heterocycles. The lowest BCUT2D eigenvalue weighted by Crippen LogP contribution is -2.11. The first-order valence-corrected chi connectivity index (χ1v) is 5.61. The van der Waals surface area contributed by atoms with Crippen LogP contribution in [0.2, 0.25) is 0 Å². The van der Waals surface area contributed by atoms with Gasteiger partial charge in [-0.25, -0.2) is 0 Å². The lowest BCUT2D eigenvalue weighted by atomic mass is 10.3. The second-order valence-electron chi connectivity index (χ2n) is 3.60. The van der Waals surface area contributed by atoms with E-state index in [9.17, 15) is 0 Å². The maximum atomic E-state index is 8.90. The van der Waals surface area contributed by atoms with Crippen LogP contribution in [0.1, 0.15) is 39.5 Å². The lowest BCUT2D eigenvalue weighted by molar-refractivity contribution is 0.0407. The zero-order chi connectivity index (χ0) is 10.6. The Labute approximate surface area is 87.4 Å². The van der Waals surface area contributed by atoms with Gasteiger partial charge in [0.25, 0.3) is 0 Å². The van der Waals surface area contributed by atoms with Crippen molar-refractivity contribution < 1.29 is 14.6 Å². The Morgan fingerprint density at radius 3 is 2.14 bits per heavy atom. The minimum atomic E-state index is -0.351. The Morgan fingerprint density at radius 2 is 1.57 bits per heavy atom. The molecule has 0 aromatic carbocycles. The number of ether oxygens (including phenoxy) is 2. The van der Waals surface area contributed by atoms with Crippen LogP contribution in [-0.2, 0) is 9.47 Å². The molecular weight excluding hydrogens is 180 g/mol. The van der Waals surface area contributed by atoms with Gasteiger partial charge in [-0.15, -0.1) is 0 Å². The second-order valence-corrected chi connectivity index (χ2v) is 3.60. The minimum Gasteiger partial charge on any atom is -0.391 e. The molecule has 0 spiro atoms. The van der Waals surface area contributed by atoms with Crippen molar-refractivity contribution >= 4 is 0 Å². The Kier molecular flexibility index (Phi) is 10.9. The van der Waals surface area contributed by atoms with E-state index in [4.69, 9.17) is 14.6 Å². The molecule has 14 heavy (non-hydrogen) atoms. The van der Waals surface area contributed by atoms with Crippen LogP contribution in [0.4, 0.5) is 0 Å². The van der Waals surface area contributed by atoms with Gasteiger partial charge in [0.1, 0.15) is 0 Å². The normalized spacial score (nSPS) is 13.1. The number of unbranched alkanes of at least 4 members (excludes halogenated alkanes) is 2. The van der Waals surface area contributed by atoms with E-state index in [0.29, 0.717) is 6.61 Å². The van der Waals surface area contributed by atoms with Gasteiger partial charge in [-0.2, -0.15) is 0 Å². The van der Waals surface area contributed by atoms with Crippen LogP contribution in [0, 0.1) is 0 Å². The number of aliphatic hydroxyl groups excluding tert-OH is 1. The first-order valence-electron chi connectivity index (χ1n) is 5.61.